The Kier molecular flexibility index (Phi) is 9.85. The Labute approximate surface area is 187 Å². The van der Waals surface area contributed by atoms with Gasteiger partial charge in [0.25, 0.3) is 0 Å². The van der Waals surface area contributed by atoms with Gasteiger partial charge in [0.05, 0.1) is 5.75 Å². The first kappa shape index (κ1) is 23.6. The minimum Gasteiger partial charge on any atom is -0.354 e. The highest BCUT2D eigenvalue weighted by atomic mass is 35.5. The molecule has 2 aromatic carbocycles. The number of rotatable bonds is 10. The van der Waals surface area contributed by atoms with Crippen LogP contribution in [0, 0.1) is 0 Å². The van der Waals surface area contributed by atoms with E-state index in [9.17, 15) is 9.59 Å². The summed E-state index contributed by atoms with van der Waals surface area (Å²) in [6.07, 6.45) is 1.35. The Hall–Kier alpha value is -1.69. The van der Waals surface area contributed by atoms with E-state index >= 15 is 0 Å². The van der Waals surface area contributed by atoms with Gasteiger partial charge >= 0.3 is 0 Å². The van der Waals surface area contributed by atoms with Gasteiger partial charge in [-0.2, -0.15) is 0 Å². The molecule has 0 heterocycles. The maximum absolute atomic E-state index is 13.1. The number of halogens is 2. The minimum absolute atomic E-state index is 0.108. The van der Waals surface area contributed by atoms with Crippen molar-refractivity contribution in [2.45, 2.75) is 44.2 Å². The molecule has 2 aromatic rings. The van der Waals surface area contributed by atoms with Gasteiger partial charge in [0, 0.05) is 28.0 Å². The fraction of sp³-hybridized carbons (Fsp3) is 0.364. The van der Waals surface area contributed by atoms with Crippen LogP contribution < -0.4 is 5.32 Å². The molecule has 1 atom stereocenters. The van der Waals surface area contributed by atoms with Crippen LogP contribution in [0.2, 0.25) is 10.0 Å². The van der Waals surface area contributed by atoms with E-state index in [1.54, 1.807) is 23.1 Å². The van der Waals surface area contributed by atoms with Gasteiger partial charge in [-0.05, 0) is 42.7 Å². The summed E-state index contributed by atoms with van der Waals surface area (Å²) < 4.78 is 0. The van der Waals surface area contributed by atoms with Crippen molar-refractivity contribution in [3.63, 3.8) is 0 Å². The molecule has 0 radical (unpaired) electrons. The van der Waals surface area contributed by atoms with Gasteiger partial charge in [-0.1, -0.05) is 61.3 Å². The highest BCUT2D eigenvalue weighted by Gasteiger charge is 2.28. The van der Waals surface area contributed by atoms with Crippen LogP contribution in [0.15, 0.2) is 53.4 Å². The quantitative estimate of drug-likeness (QED) is 0.489. The summed E-state index contributed by atoms with van der Waals surface area (Å²) in [6, 6.07) is 14.4. The average Bonchev–Trinajstić information content (AvgIpc) is 2.72. The number of hydrogen-bond donors (Lipinski definition) is 1. The Morgan fingerprint density at radius 3 is 2.45 bits per heavy atom. The molecule has 0 bridgehead atoms. The monoisotopic (exact) mass is 452 g/mol. The molecule has 156 valence electrons. The summed E-state index contributed by atoms with van der Waals surface area (Å²) in [5, 5.41) is 3.92. The van der Waals surface area contributed by atoms with Crippen molar-refractivity contribution in [2.75, 3.05) is 12.3 Å². The number of hydrogen-bond acceptors (Lipinski definition) is 3. The third-order valence-electron chi connectivity index (χ3n) is 4.40. The average molecular weight is 453 g/mol. The van der Waals surface area contributed by atoms with Crippen molar-refractivity contribution in [2.24, 2.45) is 0 Å². The second-order valence-electron chi connectivity index (χ2n) is 6.57. The van der Waals surface area contributed by atoms with Crippen LogP contribution in [0.1, 0.15) is 32.3 Å². The number of thioether (sulfide) groups is 1. The molecule has 7 heteroatoms. The maximum Gasteiger partial charge on any atom is 0.242 e. The molecule has 4 nitrogen and oxygen atoms in total. The molecule has 0 spiro atoms. The van der Waals surface area contributed by atoms with Crippen molar-refractivity contribution in [1.82, 2.24) is 10.2 Å². The molecule has 0 aromatic heterocycles. The van der Waals surface area contributed by atoms with Crippen LogP contribution in [0.3, 0.4) is 0 Å². The molecule has 0 aliphatic carbocycles. The highest BCUT2D eigenvalue weighted by Crippen LogP contribution is 2.25. The predicted molar refractivity (Wildman–Crippen MR) is 122 cm³/mol. The summed E-state index contributed by atoms with van der Waals surface area (Å²) in [5.41, 5.74) is 0.760. The number of nitrogens with one attached hydrogen (secondary N) is 1. The van der Waals surface area contributed by atoms with Crippen LogP contribution in [0.25, 0.3) is 0 Å². The van der Waals surface area contributed by atoms with E-state index in [0.717, 1.165) is 16.9 Å². The largest absolute Gasteiger partial charge is 0.354 e. The maximum atomic E-state index is 13.1. The fourth-order valence-corrected chi connectivity index (χ4v) is 4.14. The first-order chi connectivity index (χ1) is 14.0. The van der Waals surface area contributed by atoms with E-state index in [-0.39, 0.29) is 24.1 Å². The van der Waals surface area contributed by atoms with Gasteiger partial charge in [0.15, 0.2) is 0 Å². The molecule has 2 rings (SSSR count). The molecule has 0 fully saturated rings. The number of amides is 2. The summed E-state index contributed by atoms with van der Waals surface area (Å²) >= 11 is 13.8. The lowest BCUT2D eigenvalue weighted by Crippen LogP contribution is -2.49. The zero-order chi connectivity index (χ0) is 21.2. The zero-order valence-corrected chi connectivity index (χ0v) is 19.0. The molecule has 29 heavy (non-hydrogen) atoms. The van der Waals surface area contributed by atoms with Gasteiger partial charge < -0.3 is 10.2 Å². The summed E-state index contributed by atoms with van der Waals surface area (Å²) in [7, 11) is 0. The molecule has 1 N–H and O–H groups in total. The molecular weight excluding hydrogens is 427 g/mol. The molecule has 2 amide bonds. The topological polar surface area (TPSA) is 49.4 Å². The second kappa shape index (κ2) is 12.1. The third-order valence-corrected chi connectivity index (χ3v) is 5.98. The first-order valence-corrected chi connectivity index (χ1v) is 11.4. The van der Waals surface area contributed by atoms with Gasteiger partial charge in [-0.3, -0.25) is 9.59 Å². The van der Waals surface area contributed by atoms with E-state index in [1.165, 1.54) is 11.8 Å². The van der Waals surface area contributed by atoms with Crippen molar-refractivity contribution in [1.29, 1.82) is 0 Å². The summed E-state index contributed by atoms with van der Waals surface area (Å²) in [4.78, 5) is 28.5. The first-order valence-electron chi connectivity index (χ1n) is 9.65. The van der Waals surface area contributed by atoms with Crippen LogP contribution in [0.5, 0.6) is 0 Å². The Bertz CT molecular complexity index is 818. The molecule has 0 saturated carbocycles. The van der Waals surface area contributed by atoms with Crippen molar-refractivity contribution >= 4 is 46.8 Å². The van der Waals surface area contributed by atoms with Crippen LogP contribution in [-0.2, 0) is 16.1 Å². The van der Waals surface area contributed by atoms with Gasteiger partial charge in [-0.15, -0.1) is 11.8 Å². The Balaban J connectivity index is 2.22. The van der Waals surface area contributed by atoms with Gasteiger partial charge in [0.2, 0.25) is 11.8 Å². The second-order valence-corrected chi connectivity index (χ2v) is 8.47. The minimum atomic E-state index is -0.558. The zero-order valence-electron chi connectivity index (χ0n) is 16.7. The number of carbonyl (C=O) groups is 2. The van der Waals surface area contributed by atoms with Crippen LogP contribution in [-0.4, -0.2) is 35.1 Å². The SMILES string of the molecule is CCCNC(=O)C(CC)N(Cc1ccc(Cl)cc1Cl)C(=O)CSc1ccccc1. The van der Waals surface area contributed by atoms with E-state index in [1.807, 2.05) is 44.2 Å². The van der Waals surface area contributed by atoms with Crippen LogP contribution in [0.4, 0.5) is 0 Å². The number of benzene rings is 2. The van der Waals surface area contributed by atoms with E-state index in [2.05, 4.69) is 5.32 Å². The highest BCUT2D eigenvalue weighted by molar-refractivity contribution is 8.00. The lowest BCUT2D eigenvalue weighted by molar-refractivity contribution is -0.139. The normalized spacial score (nSPS) is 11.7. The van der Waals surface area contributed by atoms with Crippen molar-refractivity contribution < 1.29 is 9.59 Å². The van der Waals surface area contributed by atoms with Crippen molar-refractivity contribution in [3.05, 3.63) is 64.1 Å². The van der Waals surface area contributed by atoms with E-state index in [0.29, 0.717) is 23.0 Å². The third kappa shape index (κ3) is 7.25. The summed E-state index contributed by atoms with van der Waals surface area (Å²) in [6.45, 7) is 4.73. The molecule has 0 saturated heterocycles. The smallest absolute Gasteiger partial charge is 0.242 e. The van der Waals surface area contributed by atoms with Crippen molar-refractivity contribution in [3.8, 4) is 0 Å². The van der Waals surface area contributed by atoms with E-state index < -0.39 is 6.04 Å². The standard InChI is InChI=1S/C22H26Cl2N2O2S/c1-3-12-25-22(28)20(4-2)26(14-16-10-11-17(23)13-19(16)24)21(27)15-29-18-8-6-5-7-9-18/h5-11,13,20H,3-4,12,14-15H2,1-2H3,(H,25,28). The predicted octanol–water partition coefficient (Wildman–Crippen LogP) is 5.42. The molecule has 1 unspecified atom stereocenters. The Morgan fingerprint density at radius 1 is 1.10 bits per heavy atom. The van der Waals surface area contributed by atoms with Gasteiger partial charge in [0.1, 0.15) is 6.04 Å². The molecular formula is C22H26Cl2N2O2S. The lowest BCUT2D eigenvalue weighted by atomic mass is 10.1. The Morgan fingerprint density at radius 2 is 1.83 bits per heavy atom. The molecule has 0 aliphatic rings. The van der Waals surface area contributed by atoms with E-state index in [4.69, 9.17) is 23.2 Å². The fourth-order valence-electron chi connectivity index (χ4n) is 2.86. The number of carbonyl (C=O) groups excluding carboxylic acids is 2. The molecule has 0 aliphatic heterocycles. The van der Waals surface area contributed by atoms with Crippen LogP contribution >= 0.6 is 35.0 Å². The number of nitrogens with zero attached hydrogens (tertiary/aromatic N) is 1. The summed E-state index contributed by atoms with van der Waals surface area (Å²) in [5.74, 6) is -0.00636. The lowest BCUT2D eigenvalue weighted by Gasteiger charge is -2.31. The van der Waals surface area contributed by atoms with Gasteiger partial charge in [-0.25, -0.2) is 0 Å².